The summed E-state index contributed by atoms with van der Waals surface area (Å²) in [5.41, 5.74) is -1.53. The monoisotopic (exact) mass is 486 g/mol. The highest BCUT2D eigenvalue weighted by Gasteiger charge is 2.73. The summed E-state index contributed by atoms with van der Waals surface area (Å²) in [6.45, 7) is 13.4. The van der Waals surface area contributed by atoms with Crippen molar-refractivity contribution in [3.8, 4) is 0 Å². The molecule has 0 amide bonds. The zero-order valence-electron chi connectivity index (χ0n) is 22.6. The van der Waals surface area contributed by atoms with Gasteiger partial charge in [-0.2, -0.15) is 0 Å². The number of carbonyl (C=O) groups is 2. The van der Waals surface area contributed by atoms with Crippen LogP contribution in [0.25, 0.3) is 0 Å². The van der Waals surface area contributed by atoms with E-state index in [1.165, 1.54) is 0 Å². The van der Waals surface area contributed by atoms with Gasteiger partial charge in [0.1, 0.15) is 0 Å². The lowest BCUT2D eigenvalue weighted by Crippen LogP contribution is -2.67. The normalized spacial score (nSPS) is 52.7. The van der Waals surface area contributed by atoms with Gasteiger partial charge >= 0.3 is 11.9 Å². The maximum absolute atomic E-state index is 13.5. The summed E-state index contributed by atoms with van der Waals surface area (Å²) >= 11 is 0. The van der Waals surface area contributed by atoms with Crippen molar-refractivity contribution in [1.82, 2.24) is 0 Å². The number of hydrogen-bond acceptors (Lipinski definition) is 3. The van der Waals surface area contributed by atoms with Crippen molar-refractivity contribution in [1.29, 1.82) is 0 Å². The average Bonchev–Trinajstić information content (AvgIpc) is 2.78. The zero-order valence-corrected chi connectivity index (χ0v) is 22.6. The van der Waals surface area contributed by atoms with Crippen molar-refractivity contribution < 1.29 is 24.9 Å². The van der Waals surface area contributed by atoms with Crippen LogP contribution in [-0.2, 0) is 9.59 Å². The van der Waals surface area contributed by atoms with Crippen LogP contribution in [0, 0.1) is 56.7 Å². The fourth-order valence-corrected chi connectivity index (χ4v) is 11.0. The third-order valence-corrected chi connectivity index (χ3v) is 13.2. The molecule has 196 valence electrons. The van der Waals surface area contributed by atoms with E-state index in [9.17, 15) is 24.9 Å². The lowest BCUT2D eigenvalue weighted by atomic mass is 9.33. The minimum absolute atomic E-state index is 0.0347. The molecule has 5 rings (SSSR count). The number of rotatable bonds is 2. The summed E-state index contributed by atoms with van der Waals surface area (Å²) in [6, 6.07) is 0. The van der Waals surface area contributed by atoms with Crippen molar-refractivity contribution in [3.63, 3.8) is 0 Å². The molecule has 0 bridgehead atoms. The van der Waals surface area contributed by atoms with Gasteiger partial charge < -0.3 is 15.3 Å². The number of aliphatic carboxylic acids is 2. The van der Waals surface area contributed by atoms with Gasteiger partial charge in [-0.15, -0.1) is 0 Å². The van der Waals surface area contributed by atoms with Crippen molar-refractivity contribution in [3.05, 3.63) is 11.6 Å². The van der Waals surface area contributed by atoms with Gasteiger partial charge in [-0.1, -0.05) is 53.2 Å². The molecule has 0 aromatic carbocycles. The van der Waals surface area contributed by atoms with Crippen LogP contribution >= 0.6 is 0 Å². The Kier molecular flexibility index (Phi) is 5.48. The Labute approximate surface area is 210 Å². The maximum Gasteiger partial charge on any atom is 0.314 e. The first kappa shape index (κ1) is 25.3. The Bertz CT molecular complexity index is 968. The first-order valence-corrected chi connectivity index (χ1v) is 14.1. The largest absolute Gasteiger partial charge is 0.481 e. The smallest absolute Gasteiger partial charge is 0.314 e. The van der Waals surface area contributed by atoms with E-state index in [2.05, 4.69) is 47.6 Å². The Morgan fingerprint density at radius 1 is 0.857 bits per heavy atom. The quantitative estimate of drug-likeness (QED) is 0.407. The lowest BCUT2D eigenvalue weighted by molar-refractivity contribution is -0.216. The summed E-state index contributed by atoms with van der Waals surface area (Å²) in [4.78, 5) is 26.3. The Balaban J connectivity index is 1.68. The molecular weight excluding hydrogens is 440 g/mol. The summed E-state index contributed by atoms with van der Waals surface area (Å²) < 4.78 is 0. The van der Waals surface area contributed by atoms with Gasteiger partial charge in [0.15, 0.2) is 0 Å². The molecule has 0 heterocycles. The number of fused-ring (bicyclic) bond motifs is 7. The molecule has 4 saturated carbocycles. The predicted molar refractivity (Wildman–Crippen MR) is 135 cm³/mol. The van der Waals surface area contributed by atoms with E-state index in [1.807, 2.05) is 0 Å². The first-order chi connectivity index (χ1) is 16.2. The van der Waals surface area contributed by atoms with Crippen molar-refractivity contribution in [2.24, 2.45) is 56.7 Å². The molecule has 0 aromatic heterocycles. The van der Waals surface area contributed by atoms with E-state index in [4.69, 9.17) is 0 Å². The van der Waals surface area contributed by atoms with Gasteiger partial charge in [0.2, 0.25) is 0 Å². The predicted octanol–water partition coefficient (Wildman–Crippen LogP) is 6.15. The number of aliphatic hydroxyl groups excluding tert-OH is 1. The van der Waals surface area contributed by atoms with Crippen LogP contribution in [-0.4, -0.2) is 33.4 Å². The molecule has 0 aliphatic heterocycles. The molecule has 0 radical (unpaired) electrons. The van der Waals surface area contributed by atoms with Gasteiger partial charge in [0, 0.05) is 0 Å². The standard InChI is InChI=1S/C30H46O5/c1-17-9-14-29(24(32)33)15-16-30(25(34)35)19(23(29)18(17)2)7-8-21-27(5)12-11-22(31)26(3,4)20(27)10-13-28(21,30)6/h7,17-18,20-23,31H,8-16H2,1-6H3,(H,32,33)(H,34,35)/t17?,18?,20?,21?,22-,23?,27?,28?,29?,30?/m0/s1. The summed E-state index contributed by atoms with van der Waals surface area (Å²) in [7, 11) is 0. The van der Waals surface area contributed by atoms with E-state index in [0.717, 1.165) is 44.1 Å². The van der Waals surface area contributed by atoms with Crippen molar-refractivity contribution in [2.45, 2.75) is 105 Å². The van der Waals surface area contributed by atoms with Gasteiger partial charge in [0.05, 0.1) is 16.9 Å². The summed E-state index contributed by atoms with van der Waals surface area (Å²) in [5, 5.41) is 32.5. The van der Waals surface area contributed by atoms with Gasteiger partial charge in [-0.3, -0.25) is 9.59 Å². The van der Waals surface area contributed by atoms with Gasteiger partial charge in [-0.25, -0.2) is 0 Å². The van der Waals surface area contributed by atoms with Crippen molar-refractivity contribution >= 4 is 11.9 Å². The maximum atomic E-state index is 13.5. The first-order valence-electron chi connectivity index (χ1n) is 14.1. The second-order valence-corrected chi connectivity index (χ2v) is 14.4. The fraction of sp³-hybridized carbons (Fsp3) is 0.867. The average molecular weight is 487 g/mol. The minimum Gasteiger partial charge on any atom is -0.481 e. The number of carboxylic acids is 2. The second kappa shape index (κ2) is 7.58. The zero-order chi connectivity index (χ0) is 25.8. The molecule has 9 unspecified atom stereocenters. The number of aliphatic hydroxyl groups is 1. The molecule has 0 spiro atoms. The van der Waals surface area contributed by atoms with E-state index in [0.29, 0.717) is 31.1 Å². The highest BCUT2D eigenvalue weighted by atomic mass is 16.4. The summed E-state index contributed by atoms with van der Waals surface area (Å²) in [5.74, 6) is -0.563. The molecule has 5 aliphatic carbocycles. The molecule has 35 heavy (non-hydrogen) atoms. The Morgan fingerprint density at radius 2 is 1.54 bits per heavy atom. The van der Waals surface area contributed by atoms with Gasteiger partial charge in [0.25, 0.3) is 0 Å². The molecule has 5 heteroatoms. The number of allylic oxidation sites excluding steroid dienone is 1. The minimum atomic E-state index is -1.00. The molecule has 5 nitrogen and oxygen atoms in total. The SMILES string of the molecule is CC1CCC2(C(=O)O)CCC3(C(=O)O)C(=CCC4C5(C)CC[C@H](O)C(C)(C)C5CCC43C)C2C1C. The lowest BCUT2D eigenvalue weighted by Gasteiger charge is -2.70. The number of hydrogen-bond donors (Lipinski definition) is 3. The van der Waals surface area contributed by atoms with Crippen LogP contribution in [0.3, 0.4) is 0 Å². The Morgan fingerprint density at radius 3 is 2.17 bits per heavy atom. The molecule has 0 saturated heterocycles. The van der Waals surface area contributed by atoms with E-state index in [1.54, 1.807) is 0 Å². The molecule has 4 fully saturated rings. The van der Waals surface area contributed by atoms with Crippen LogP contribution in [0.4, 0.5) is 0 Å². The van der Waals surface area contributed by atoms with Crippen molar-refractivity contribution in [2.75, 3.05) is 0 Å². The third-order valence-electron chi connectivity index (χ3n) is 13.2. The summed E-state index contributed by atoms with van der Waals surface area (Å²) in [6.07, 6.45) is 8.62. The second-order valence-electron chi connectivity index (χ2n) is 14.4. The highest BCUT2D eigenvalue weighted by molar-refractivity contribution is 5.84. The number of carboxylic acid groups (broad SMARTS) is 2. The van der Waals surface area contributed by atoms with Crippen LogP contribution in [0.2, 0.25) is 0 Å². The van der Waals surface area contributed by atoms with Crippen LogP contribution < -0.4 is 0 Å². The molecule has 3 N–H and O–H groups in total. The third kappa shape index (κ3) is 2.85. The molecular formula is C30H46O5. The molecule has 10 atom stereocenters. The Hall–Kier alpha value is -1.36. The topological polar surface area (TPSA) is 94.8 Å². The molecule has 5 aliphatic rings. The van der Waals surface area contributed by atoms with Crippen LogP contribution in [0.15, 0.2) is 11.6 Å². The molecule has 0 aromatic rings. The van der Waals surface area contributed by atoms with Gasteiger partial charge in [-0.05, 0) is 104 Å². The van der Waals surface area contributed by atoms with E-state index >= 15 is 0 Å². The van der Waals surface area contributed by atoms with E-state index < -0.39 is 28.2 Å². The van der Waals surface area contributed by atoms with E-state index in [-0.39, 0.29) is 34.7 Å². The van der Waals surface area contributed by atoms with Crippen LogP contribution in [0.1, 0.15) is 99.3 Å². The fourth-order valence-electron chi connectivity index (χ4n) is 11.0. The highest BCUT2D eigenvalue weighted by Crippen LogP contribution is 2.75. The van der Waals surface area contributed by atoms with Crippen LogP contribution in [0.5, 0.6) is 0 Å².